The molecule has 0 aromatic carbocycles. The zero-order valence-corrected chi connectivity index (χ0v) is 12.8. The van der Waals surface area contributed by atoms with Gasteiger partial charge in [0.25, 0.3) is 0 Å². The molecule has 6 heteroatoms. The second-order valence-electron chi connectivity index (χ2n) is 4.72. The van der Waals surface area contributed by atoms with E-state index in [9.17, 15) is 0 Å². The van der Waals surface area contributed by atoms with Gasteiger partial charge in [-0.15, -0.1) is 0 Å². The smallest absolute Gasteiger partial charge is 0.232 e. The van der Waals surface area contributed by atoms with Crippen LogP contribution in [0.1, 0.15) is 38.4 Å². The number of aromatic nitrogens is 2. The van der Waals surface area contributed by atoms with Gasteiger partial charge in [0.1, 0.15) is 0 Å². The van der Waals surface area contributed by atoms with Crippen LogP contribution in [0.25, 0.3) is 0 Å². The molecule has 1 aliphatic heterocycles. The first-order valence-electron chi connectivity index (χ1n) is 6.46. The van der Waals surface area contributed by atoms with Crippen molar-refractivity contribution in [3.05, 3.63) is 11.7 Å². The minimum atomic E-state index is 0.375. The van der Waals surface area contributed by atoms with Gasteiger partial charge in [-0.2, -0.15) is 28.5 Å². The number of thioether (sulfide) groups is 2. The van der Waals surface area contributed by atoms with Crippen molar-refractivity contribution in [1.82, 2.24) is 15.5 Å². The third kappa shape index (κ3) is 3.65. The van der Waals surface area contributed by atoms with Gasteiger partial charge in [0.15, 0.2) is 5.82 Å². The van der Waals surface area contributed by atoms with E-state index in [2.05, 4.69) is 36.2 Å². The van der Waals surface area contributed by atoms with Gasteiger partial charge in [0.2, 0.25) is 5.89 Å². The van der Waals surface area contributed by atoms with E-state index in [1.54, 1.807) is 0 Å². The molecule has 0 aliphatic carbocycles. The third-order valence-corrected chi connectivity index (χ3v) is 5.17. The molecule has 0 saturated carbocycles. The molecule has 4 nitrogen and oxygen atoms in total. The standard InChI is InChI=1S/C12H21N3OS2/c1-4-13-10-6-17-5-9(10)12-14-11(15-16-12)7-18-8(2)3/h8-10,13H,4-7H2,1-3H3. The molecule has 18 heavy (non-hydrogen) atoms. The lowest BCUT2D eigenvalue weighted by Crippen LogP contribution is -2.34. The van der Waals surface area contributed by atoms with Crippen molar-refractivity contribution in [2.45, 2.75) is 43.7 Å². The highest BCUT2D eigenvalue weighted by Gasteiger charge is 2.32. The van der Waals surface area contributed by atoms with Crippen LogP contribution >= 0.6 is 23.5 Å². The molecule has 1 aromatic rings. The van der Waals surface area contributed by atoms with Crippen molar-refractivity contribution in [2.75, 3.05) is 18.1 Å². The summed E-state index contributed by atoms with van der Waals surface area (Å²) in [5.41, 5.74) is 0. The van der Waals surface area contributed by atoms with Gasteiger partial charge in [-0.25, -0.2) is 0 Å². The molecule has 0 bridgehead atoms. The molecule has 1 saturated heterocycles. The quantitative estimate of drug-likeness (QED) is 0.867. The Morgan fingerprint density at radius 3 is 3.06 bits per heavy atom. The average Bonchev–Trinajstić information content (AvgIpc) is 2.94. The van der Waals surface area contributed by atoms with E-state index in [1.165, 1.54) is 0 Å². The van der Waals surface area contributed by atoms with E-state index >= 15 is 0 Å². The zero-order chi connectivity index (χ0) is 13.0. The van der Waals surface area contributed by atoms with Gasteiger partial charge in [0.05, 0.1) is 11.7 Å². The highest BCUT2D eigenvalue weighted by Crippen LogP contribution is 2.32. The second kappa shape index (κ2) is 6.82. The van der Waals surface area contributed by atoms with Crippen LogP contribution in [-0.4, -0.2) is 39.5 Å². The maximum atomic E-state index is 5.43. The lowest BCUT2D eigenvalue weighted by Gasteiger charge is -2.15. The van der Waals surface area contributed by atoms with Crippen LogP contribution in [0.15, 0.2) is 4.52 Å². The van der Waals surface area contributed by atoms with Crippen molar-refractivity contribution in [1.29, 1.82) is 0 Å². The summed E-state index contributed by atoms with van der Waals surface area (Å²) >= 11 is 3.80. The third-order valence-electron chi connectivity index (χ3n) is 2.89. The van der Waals surface area contributed by atoms with Gasteiger partial charge >= 0.3 is 0 Å². The molecule has 1 fully saturated rings. The van der Waals surface area contributed by atoms with Crippen molar-refractivity contribution < 1.29 is 4.52 Å². The van der Waals surface area contributed by atoms with Gasteiger partial charge in [0, 0.05) is 17.5 Å². The van der Waals surface area contributed by atoms with E-state index < -0.39 is 0 Å². The summed E-state index contributed by atoms with van der Waals surface area (Å²) in [6.07, 6.45) is 0. The number of likely N-dealkylation sites (N-methyl/N-ethyl adjacent to an activating group) is 1. The van der Waals surface area contributed by atoms with E-state index in [-0.39, 0.29) is 0 Å². The van der Waals surface area contributed by atoms with E-state index in [0.29, 0.717) is 17.2 Å². The Kier molecular flexibility index (Phi) is 5.38. The van der Waals surface area contributed by atoms with E-state index in [0.717, 1.165) is 35.5 Å². The Morgan fingerprint density at radius 2 is 2.33 bits per heavy atom. The van der Waals surface area contributed by atoms with Gasteiger partial charge in [-0.1, -0.05) is 25.9 Å². The molecular formula is C12H21N3OS2. The first-order chi connectivity index (χ1) is 8.70. The molecule has 2 atom stereocenters. The second-order valence-corrected chi connectivity index (χ2v) is 7.36. The fourth-order valence-corrected chi connectivity index (χ4v) is 3.95. The Balaban J connectivity index is 1.96. The number of hydrogen-bond donors (Lipinski definition) is 1. The molecule has 102 valence electrons. The SMILES string of the molecule is CCNC1CSCC1c1nc(CSC(C)C)no1. The highest BCUT2D eigenvalue weighted by atomic mass is 32.2. The maximum Gasteiger partial charge on any atom is 0.232 e. The lowest BCUT2D eigenvalue weighted by molar-refractivity contribution is 0.338. The predicted molar refractivity (Wildman–Crippen MR) is 78.3 cm³/mol. The first kappa shape index (κ1) is 14.2. The normalized spacial score (nSPS) is 24.0. The van der Waals surface area contributed by atoms with E-state index in [4.69, 9.17) is 4.52 Å². The summed E-state index contributed by atoms with van der Waals surface area (Å²) in [7, 11) is 0. The molecule has 2 unspecified atom stereocenters. The largest absolute Gasteiger partial charge is 0.339 e. The number of hydrogen-bond acceptors (Lipinski definition) is 6. The van der Waals surface area contributed by atoms with Gasteiger partial charge in [-0.3, -0.25) is 0 Å². The molecule has 0 amide bonds. The van der Waals surface area contributed by atoms with Crippen LogP contribution in [-0.2, 0) is 5.75 Å². The summed E-state index contributed by atoms with van der Waals surface area (Å²) < 4.78 is 5.43. The van der Waals surface area contributed by atoms with Crippen LogP contribution in [0.2, 0.25) is 0 Å². The average molecular weight is 287 g/mol. The predicted octanol–water partition coefficient (Wildman–Crippen LogP) is 2.52. The van der Waals surface area contributed by atoms with Crippen LogP contribution in [0.4, 0.5) is 0 Å². The first-order valence-corrected chi connectivity index (χ1v) is 8.66. The minimum Gasteiger partial charge on any atom is -0.339 e. The van der Waals surface area contributed by atoms with Gasteiger partial charge < -0.3 is 9.84 Å². The monoisotopic (exact) mass is 287 g/mol. The molecule has 2 rings (SSSR count). The Hall–Kier alpha value is -0.200. The summed E-state index contributed by atoms with van der Waals surface area (Å²) in [5, 5.41) is 8.18. The topological polar surface area (TPSA) is 51.0 Å². The zero-order valence-electron chi connectivity index (χ0n) is 11.2. The maximum absolute atomic E-state index is 5.43. The molecule has 1 aromatic heterocycles. The Bertz CT molecular complexity index is 370. The molecule has 0 radical (unpaired) electrons. The fourth-order valence-electron chi connectivity index (χ4n) is 1.98. The van der Waals surface area contributed by atoms with Crippen molar-refractivity contribution >= 4 is 23.5 Å². The minimum absolute atomic E-state index is 0.375. The van der Waals surface area contributed by atoms with Crippen LogP contribution in [0.5, 0.6) is 0 Å². The molecule has 2 heterocycles. The summed E-state index contributed by atoms with van der Waals surface area (Å²) in [5.74, 6) is 5.07. The summed E-state index contributed by atoms with van der Waals surface area (Å²) in [6.45, 7) is 7.49. The number of nitrogens with one attached hydrogen (secondary N) is 1. The van der Waals surface area contributed by atoms with Crippen LogP contribution in [0.3, 0.4) is 0 Å². The fraction of sp³-hybridized carbons (Fsp3) is 0.833. The van der Waals surface area contributed by atoms with Crippen molar-refractivity contribution in [2.24, 2.45) is 0 Å². The van der Waals surface area contributed by atoms with Crippen molar-refractivity contribution in [3.8, 4) is 0 Å². The molecule has 1 N–H and O–H groups in total. The van der Waals surface area contributed by atoms with Crippen LogP contribution in [0, 0.1) is 0 Å². The molecule has 1 aliphatic rings. The molecular weight excluding hydrogens is 266 g/mol. The summed E-state index contributed by atoms with van der Waals surface area (Å²) in [6, 6.07) is 0.478. The number of nitrogens with zero attached hydrogens (tertiary/aromatic N) is 2. The van der Waals surface area contributed by atoms with Gasteiger partial charge in [-0.05, 0) is 11.8 Å². The highest BCUT2D eigenvalue weighted by molar-refractivity contribution is 7.99. The van der Waals surface area contributed by atoms with Crippen molar-refractivity contribution in [3.63, 3.8) is 0 Å². The Morgan fingerprint density at radius 1 is 1.50 bits per heavy atom. The molecule has 0 spiro atoms. The number of rotatable bonds is 6. The van der Waals surface area contributed by atoms with Crippen LogP contribution < -0.4 is 5.32 Å². The lowest BCUT2D eigenvalue weighted by atomic mass is 10.0. The summed E-state index contributed by atoms with van der Waals surface area (Å²) in [4.78, 5) is 4.54. The Labute approximate surface area is 117 Å². The van der Waals surface area contributed by atoms with E-state index in [1.807, 2.05) is 23.5 Å².